The molecule has 1 aromatic rings. The van der Waals surface area contributed by atoms with Crippen LogP contribution in [-0.4, -0.2) is 17.6 Å². The molecule has 1 heterocycles. The Kier molecular flexibility index (Phi) is 5.33. The number of unbranched alkanes of at least 4 members (excludes halogenated alkanes) is 2. The molecule has 0 aliphatic carbocycles. The second-order valence-corrected chi connectivity index (χ2v) is 5.14. The number of nitrogens with zero attached hydrogens (tertiary/aromatic N) is 1. The second kappa shape index (κ2) is 7.22. The van der Waals surface area contributed by atoms with Crippen LogP contribution in [0.1, 0.15) is 33.1 Å². The predicted octanol–water partition coefficient (Wildman–Crippen LogP) is 3.38. The van der Waals surface area contributed by atoms with Gasteiger partial charge in [0.25, 0.3) is 5.91 Å². The lowest BCUT2D eigenvalue weighted by Gasteiger charge is -2.14. The summed E-state index contributed by atoms with van der Waals surface area (Å²) >= 11 is 5.26. The number of anilines is 1. The minimum absolute atomic E-state index is 0.0970. The summed E-state index contributed by atoms with van der Waals surface area (Å²) in [5.41, 5.74) is 1.32. The molecule has 5 heteroatoms. The summed E-state index contributed by atoms with van der Waals surface area (Å²) in [5.74, 6) is 0.686. The number of thiocarbonyl (C=S) groups is 1. The van der Waals surface area contributed by atoms with Gasteiger partial charge in [0.1, 0.15) is 11.4 Å². The van der Waals surface area contributed by atoms with Crippen LogP contribution in [-0.2, 0) is 4.79 Å². The molecule has 0 saturated carbocycles. The van der Waals surface area contributed by atoms with Crippen molar-refractivity contribution in [3.63, 3.8) is 0 Å². The lowest BCUT2D eigenvalue weighted by Crippen LogP contribution is -2.30. The first-order valence-corrected chi connectivity index (χ1v) is 7.66. The zero-order valence-corrected chi connectivity index (χ0v) is 13.2. The highest BCUT2D eigenvalue weighted by Gasteiger charge is 2.31. The first kappa shape index (κ1) is 15.5. The van der Waals surface area contributed by atoms with Gasteiger partial charge < -0.3 is 10.1 Å². The summed E-state index contributed by atoms with van der Waals surface area (Å²) < 4.78 is 5.40. The van der Waals surface area contributed by atoms with Crippen LogP contribution in [0.25, 0.3) is 0 Å². The van der Waals surface area contributed by atoms with Gasteiger partial charge in [-0.25, -0.2) is 0 Å². The van der Waals surface area contributed by atoms with Crippen LogP contribution in [0.4, 0.5) is 5.69 Å². The largest absolute Gasteiger partial charge is 0.494 e. The van der Waals surface area contributed by atoms with E-state index >= 15 is 0 Å². The van der Waals surface area contributed by atoms with Crippen LogP contribution in [0.2, 0.25) is 0 Å². The smallest absolute Gasteiger partial charge is 0.280 e. The molecule has 0 unspecified atom stereocenters. The average molecular weight is 304 g/mol. The van der Waals surface area contributed by atoms with Crippen molar-refractivity contribution in [3.05, 3.63) is 36.0 Å². The van der Waals surface area contributed by atoms with Crippen molar-refractivity contribution in [2.75, 3.05) is 11.5 Å². The molecular formula is C16H20N2O2S. The summed E-state index contributed by atoms with van der Waals surface area (Å²) in [6.45, 7) is 4.68. The summed E-state index contributed by atoms with van der Waals surface area (Å²) in [4.78, 5) is 13.9. The fourth-order valence-corrected chi connectivity index (χ4v) is 2.42. The van der Waals surface area contributed by atoms with Crippen LogP contribution in [0.5, 0.6) is 5.75 Å². The van der Waals surface area contributed by atoms with Crippen molar-refractivity contribution in [1.29, 1.82) is 0 Å². The highest BCUT2D eigenvalue weighted by molar-refractivity contribution is 7.80. The fraction of sp³-hybridized carbons (Fsp3) is 0.375. The summed E-state index contributed by atoms with van der Waals surface area (Å²) in [7, 11) is 0. The van der Waals surface area contributed by atoms with Gasteiger partial charge in [-0.1, -0.05) is 19.4 Å². The maximum absolute atomic E-state index is 12.4. The zero-order valence-electron chi connectivity index (χ0n) is 12.4. The number of carbonyl (C=O) groups is 1. The Hall–Kier alpha value is -1.88. The van der Waals surface area contributed by atoms with E-state index in [9.17, 15) is 4.79 Å². The van der Waals surface area contributed by atoms with E-state index in [1.165, 1.54) is 4.90 Å². The lowest BCUT2D eigenvalue weighted by atomic mass is 10.2. The molecule has 4 nitrogen and oxygen atoms in total. The first-order valence-electron chi connectivity index (χ1n) is 7.25. The Morgan fingerprint density at radius 2 is 2.00 bits per heavy atom. The summed E-state index contributed by atoms with van der Waals surface area (Å²) in [6.07, 6.45) is 4.97. The van der Waals surface area contributed by atoms with Gasteiger partial charge in [-0.05, 0) is 56.2 Å². The minimum atomic E-state index is -0.0970. The number of benzene rings is 1. The van der Waals surface area contributed by atoms with Gasteiger partial charge in [-0.2, -0.15) is 0 Å². The van der Waals surface area contributed by atoms with Crippen LogP contribution < -0.4 is 15.0 Å². The number of carbonyl (C=O) groups excluding carboxylic acids is 1. The summed E-state index contributed by atoms with van der Waals surface area (Å²) in [6, 6.07) is 7.36. The molecule has 1 fully saturated rings. The lowest BCUT2D eigenvalue weighted by molar-refractivity contribution is -0.113. The van der Waals surface area contributed by atoms with Gasteiger partial charge in [0.15, 0.2) is 5.11 Å². The van der Waals surface area contributed by atoms with Gasteiger partial charge in [-0.3, -0.25) is 9.69 Å². The second-order valence-electron chi connectivity index (χ2n) is 4.76. The van der Waals surface area contributed by atoms with Gasteiger partial charge in [-0.15, -0.1) is 0 Å². The predicted molar refractivity (Wildman–Crippen MR) is 88.4 cm³/mol. The number of hydrogen-bond donors (Lipinski definition) is 1. The Morgan fingerprint density at radius 3 is 2.62 bits per heavy atom. The van der Waals surface area contributed by atoms with Crippen molar-refractivity contribution < 1.29 is 9.53 Å². The molecular weight excluding hydrogens is 284 g/mol. The van der Waals surface area contributed by atoms with Crippen LogP contribution in [0, 0.1) is 0 Å². The summed E-state index contributed by atoms with van der Waals surface area (Å²) in [5, 5.41) is 3.41. The monoisotopic (exact) mass is 304 g/mol. The SMILES string of the molecule is CCCC/C=C1/NC(=S)N(c2ccc(OCC)cc2)C1=O. The average Bonchev–Trinajstić information content (AvgIpc) is 2.75. The Bertz CT molecular complexity index is 552. The van der Waals surface area contributed by atoms with Gasteiger partial charge in [0.2, 0.25) is 0 Å². The third-order valence-electron chi connectivity index (χ3n) is 3.19. The molecule has 1 aliphatic rings. The Labute approximate surface area is 130 Å². The topological polar surface area (TPSA) is 41.6 Å². The minimum Gasteiger partial charge on any atom is -0.494 e. The van der Waals surface area contributed by atoms with Crippen molar-refractivity contribution in [3.8, 4) is 5.75 Å². The standard InChI is InChI=1S/C16H20N2O2S/c1-3-5-6-7-14-15(19)18(16(21)17-14)12-8-10-13(11-9-12)20-4-2/h7-11H,3-6H2,1-2H3,(H,17,21)/b14-7+. The third kappa shape index (κ3) is 3.61. The maximum Gasteiger partial charge on any atom is 0.280 e. The van der Waals surface area contributed by atoms with E-state index in [1.54, 1.807) is 0 Å². The van der Waals surface area contributed by atoms with Gasteiger partial charge in [0.05, 0.1) is 12.3 Å². The molecule has 2 rings (SSSR count). The number of allylic oxidation sites excluding steroid dienone is 1. The molecule has 0 atom stereocenters. The number of hydrogen-bond acceptors (Lipinski definition) is 3. The van der Waals surface area contributed by atoms with E-state index in [-0.39, 0.29) is 5.91 Å². The van der Waals surface area contributed by atoms with Crippen LogP contribution in [0.3, 0.4) is 0 Å². The van der Waals surface area contributed by atoms with E-state index in [0.717, 1.165) is 30.7 Å². The normalized spacial score (nSPS) is 16.5. The Balaban J connectivity index is 2.14. The van der Waals surface area contributed by atoms with Gasteiger partial charge in [0, 0.05) is 0 Å². The Morgan fingerprint density at radius 1 is 1.29 bits per heavy atom. The van der Waals surface area contributed by atoms with Crippen LogP contribution in [0.15, 0.2) is 36.0 Å². The van der Waals surface area contributed by atoms with Crippen molar-refractivity contribution in [1.82, 2.24) is 5.32 Å². The third-order valence-corrected chi connectivity index (χ3v) is 3.47. The van der Waals surface area contributed by atoms with E-state index in [2.05, 4.69) is 12.2 Å². The zero-order chi connectivity index (χ0) is 15.2. The number of ether oxygens (including phenoxy) is 1. The molecule has 0 spiro atoms. The van der Waals surface area contributed by atoms with E-state index in [0.29, 0.717) is 17.4 Å². The number of rotatable bonds is 6. The molecule has 0 aromatic heterocycles. The molecule has 1 amide bonds. The highest BCUT2D eigenvalue weighted by atomic mass is 32.1. The molecule has 1 aromatic carbocycles. The molecule has 0 bridgehead atoms. The molecule has 1 saturated heterocycles. The number of nitrogens with one attached hydrogen (secondary N) is 1. The van der Waals surface area contributed by atoms with Crippen LogP contribution >= 0.6 is 12.2 Å². The van der Waals surface area contributed by atoms with E-state index in [1.807, 2.05) is 37.3 Å². The first-order chi connectivity index (χ1) is 10.2. The highest BCUT2D eigenvalue weighted by Crippen LogP contribution is 2.24. The van der Waals surface area contributed by atoms with Crippen molar-refractivity contribution >= 4 is 28.9 Å². The fourth-order valence-electron chi connectivity index (χ4n) is 2.12. The maximum atomic E-state index is 12.4. The van der Waals surface area contributed by atoms with E-state index in [4.69, 9.17) is 17.0 Å². The van der Waals surface area contributed by atoms with Crippen molar-refractivity contribution in [2.45, 2.75) is 33.1 Å². The van der Waals surface area contributed by atoms with E-state index < -0.39 is 0 Å². The molecule has 112 valence electrons. The quantitative estimate of drug-likeness (QED) is 0.497. The molecule has 21 heavy (non-hydrogen) atoms. The van der Waals surface area contributed by atoms with Gasteiger partial charge >= 0.3 is 0 Å². The molecule has 0 radical (unpaired) electrons. The molecule has 1 N–H and O–H groups in total. The molecule has 1 aliphatic heterocycles. The number of amides is 1. The van der Waals surface area contributed by atoms with Crippen molar-refractivity contribution in [2.24, 2.45) is 0 Å².